The summed E-state index contributed by atoms with van der Waals surface area (Å²) >= 11 is 2.57. The van der Waals surface area contributed by atoms with Crippen LogP contribution >= 0.6 is 22.7 Å². The maximum absolute atomic E-state index is 12.7. The van der Waals surface area contributed by atoms with E-state index in [9.17, 15) is 14.7 Å². The zero-order valence-corrected chi connectivity index (χ0v) is 16.5. The lowest BCUT2D eigenvalue weighted by atomic mass is 10.2. The Balaban J connectivity index is 1.55. The largest absolute Gasteiger partial charge is 0.478 e. The molecule has 28 heavy (non-hydrogen) atoms. The zero-order valence-electron chi connectivity index (χ0n) is 14.8. The number of thiazole rings is 1. The molecule has 9 heteroatoms. The van der Waals surface area contributed by atoms with Gasteiger partial charge in [-0.3, -0.25) is 4.79 Å². The Morgan fingerprint density at radius 2 is 1.93 bits per heavy atom. The van der Waals surface area contributed by atoms with Crippen LogP contribution in [-0.4, -0.2) is 48.1 Å². The number of carbonyl (C=O) groups excluding carboxylic acids is 1. The number of aromatic nitrogens is 1. The van der Waals surface area contributed by atoms with Crippen molar-refractivity contribution in [3.05, 3.63) is 52.3 Å². The van der Waals surface area contributed by atoms with Crippen LogP contribution in [0.15, 0.2) is 41.1 Å². The second kappa shape index (κ2) is 8.09. The summed E-state index contributed by atoms with van der Waals surface area (Å²) in [5.41, 5.74) is 2.21. The summed E-state index contributed by atoms with van der Waals surface area (Å²) in [6.07, 6.45) is 0. The minimum atomic E-state index is -0.998. The molecule has 3 N–H and O–H groups in total. The molecular formula is C19H18N4O3S2. The van der Waals surface area contributed by atoms with Crippen LogP contribution in [0.4, 0.5) is 11.4 Å². The molecule has 144 valence electrons. The number of hydrogen-bond donors (Lipinski definition) is 3. The molecule has 0 bridgehead atoms. The average Bonchev–Trinajstić information content (AvgIpc) is 3.38. The van der Waals surface area contributed by atoms with E-state index >= 15 is 0 Å². The molecule has 4 rings (SSSR count). The molecule has 1 aliphatic heterocycles. The number of nitrogens with zero attached hydrogens (tertiary/aromatic N) is 2. The minimum Gasteiger partial charge on any atom is -0.478 e. The summed E-state index contributed by atoms with van der Waals surface area (Å²) in [4.78, 5) is 31.2. The molecule has 1 aromatic carbocycles. The highest BCUT2D eigenvalue weighted by atomic mass is 32.1. The number of nitrogens with one attached hydrogen (secondary N) is 2. The fraction of sp³-hybridized carbons (Fsp3) is 0.211. The summed E-state index contributed by atoms with van der Waals surface area (Å²) in [5, 5.41) is 19.5. The lowest BCUT2D eigenvalue weighted by Crippen LogP contribution is -2.43. The molecule has 7 nitrogen and oxygen atoms in total. The quantitative estimate of drug-likeness (QED) is 0.593. The number of carboxylic acids is 1. The Morgan fingerprint density at radius 3 is 2.71 bits per heavy atom. The maximum atomic E-state index is 12.7. The van der Waals surface area contributed by atoms with Crippen molar-refractivity contribution in [2.75, 3.05) is 36.4 Å². The van der Waals surface area contributed by atoms with Gasteiger partial charge in [0.1, 0.15) is 10.7 Å². The van der Waals surface area contributed by atoms with Crippen LogP contribution in [0.1, 0.15) is 20.8 Å². The van der Waals surface area contributed by atoms with Gasteiger partial charge in [0.05, 0.1) is 21.8 Å². The molecule has 1 saturated heterocycles. The summed E-state index contributed by atoms with van der Waals surface area (Å²) in [5.74, 6) is -1.30. The van der Waals surface area contributed by atoms with E-state index in [-0.39, 0.29) is 17.2 Å². The summed E-state index contributed by atoms with van der Waals surface area (Å²) < 4.78 is 0. The number of aromatic carboxylic acids is 1. The Labute approximate surface area is 169 Å². The van der Waals surface area contributed by atoms with E-state index < -0.39 is 5.97 Å². The smallest absolute Gasteiger partial charge is 0.337 e. The van der Waals surface area contributed by atoms with Crippen molar-refractivity contribution in [2.45, 2.75) is 0 Å². The molecule has 0 radical (unpaired) electrons. The Kier molecular flexibility index (Phi) is 5.38. The highest BCUT2D eigenvalue weighted by Crippen LogP contribution is 2.33. The highest BCUT2D eigenvalue weighted by Gasteiger charge is 2.20. The van der Waals surface area contributed by atoms with Crippen LogP contribution in [0.5, 0.6) is 0 Å². The second-order valence-corrected chi connectivity index (χ2v) is 7.99. The number of carboxylic acid groups (broad SMARTS) is 1. The molecule has 0 atom stereocenters. The fourth-order valence-corrected chi connectivity index (χ4v) is 4.88. The van der Waals surface area contributed by atoms with Crippen molar-refractivity contribution in [3.63, 3.8) is 0 Å². The van der Waals surface area contributed by atoms with Crippen LogP contribution in [0.3, 0.4) is 0 Å². The predicted molar refractivity (Wildman–Crippen MR) is 112 cm³/mol. The number of hydrogen-bond acceptors (Lipinski definition) is 7. The normalized spacial score (nSPS) is 14.1. The van der Waals surface area contributed by atoms with Crippen molar-refractivity contribution in [1.82, 2.24) is 10.3 Å². The van der Waals surface area contributed by atoms with Crippen molar-refractivity contribution in [1.29, 1.82) is 0 Å². The van der Waals surface area contributed by atoms with Gasteiger partial charge in [-0.25, -0.2) is 9.78 Å². The predicted octanol–water partition coefficient (Wildman–Crippen LogP) is 3.23. The third kappa shape index (κ3) is 3.77. The standard InChI is InChI=1S/C19H18N4O3S2/c24-17(14-11-28-18(22-14)16-12(19(25)26)5-10-27-16)21-13-3-1-2-4-15(13)23-8-6-20-7-9-23/h1-5,10-11,20H,6-9H2,(H,21,24)(H,25,26). The van der Waals surface area contributed by atoms with E-state index in [0.717, 1.165) is 37.6 Å². The highest BCUT2D eigenvalue weighted by molar-refractivity contribution is 7.20. The van der Waals surface area contributed by atoms with Crippen LogP contribution in [0.25, 0.3) is 9.88 Å². The first-order valence-corrected chi connectivity index (χ1v) is 10.5. The number of anilines is 2. The van der Waals surface area contributed by atoms with Gasteiger partial charge < -0.3 is 20.6 Å². The van der Waals surface area contributed by atoms with E-state index in [0.29, 0.717) is 9.88 Å². The first-order chi connectivity index (χ1) is 13.6. The van der Waals surface area contributed by atoms with E-state index in [1.165, 1.54) is 22.7 Å². The Morgan fingerprint density at radius 1 is 1.14 bits per heavy atom. The van der Waals surface area contributed by atoms with Gasteiger partial charge in [0.15, 0.2) is 0 Å². The van der Waals surface area contributed by atoms with Gasteiger partial charge in [-0.1, -0.05) is 12.1 Å². The number of piperazine rings is 1. The van der Waals surface area contributed by atoms with Crippen LogP contribution in [0, 0.1) is 0 Å². The van der Waals surface area contributed by atoms with Crippen LogP contribution < -0.4 is 15.5 Å². The molecule has 0 aliphatic carbocycles. The molecule has 1 amide bonds. The summed E-state index contributed by atoms with van der Waals surface area (Å²) in [7, 11) is 0. The number of thiophene rings is 1. The number of amides is 1. The molecular weight excluding hydrogens is 396 g/mol. The van der Waals surface area contributed by atoms with Crippen LogP contribution in [-0.2, 0) is 0 Å². The average molecular weight is 415 g/mol. The van der Waals surface area contributed by atoms with Gasteiger partial charge in [0.2, 0.25) is 0 Å². The molecule has 3 heterocycles. The topological polar surface area (TPSA) is 94.6 Å². The maximum Gasteiger partial charge on any atom is 0.337 e. The molecule has 1 fully saturated rings. The molecule has 1 aliphatic rings. The van der Waals surface area contributed by atoms with Crippen LogP contribution in [0.2, 0.25) is 0 Å². The van der Waals surface area contributed by atoms with E-state index in [2.05, 4.69) is 20.5 Å². The summed E-state index contributed by atoms with van der Waals surface area (Å²) in [6.45, 7) is 3.57. The molecule has 0 unspecified atom stereocenters. The second-order valence-electron chi connectivity index (χ2n) is 6.21. The number of para-hydroxylation sites is 2. The third-order valence-corrected chi connectivity index (χ3v) is 6.35. The van der Waals surface area contributed by atoms with E-state index in [1.54, 1.807) is 16.8 Å². The SMILES string of the molecule is O=C(Nc1ccccc1N1CCNCC1)c1csc(-c2sccc2C(=O)O)n1. The van der Waals surface area contributed by atoms with E-state index in [1.807, 2.05) is 24.3 Å². The number of rotatable bonds is 5. The lowest BCUT2D eigenvalue weighted by molar-refractivity contribution is 0.0698. The van der Waals surface area contributed by atoms with Gasteiger partial charge >= 0.3 is 5.97 Å². The lowest BCUT2D eigenvalue weighted by Gasteiger charge is -2.31. The van der Waals surface area contributed by atoms with Crippen molar-refractivity contribution >= 4 is 45.9 Å². The van der Waals surface area contributed by atoms with Crippen molar-refractivity contribution in [3.8, 4) is 9.88 Å². The Hall–Kier alpha value is -2.75. The van der Waals surface area contributed by atoms with Gasteiger partial charge in [-0.15, -0.1) is 22.7 Å². The molecule has 0 saturated carbocycles. The molecule has 0 spiro atoms. The van der Waals surface area contributed by atoms with Gasteiger partial charge in [-0.05, 0) is 23.6 Å². The van der Waals surface area contributed by atoms with E-state index in [4.69, 9.17) is 0 Å². The fourth-order valence-electron chi connectivity index (χ4n) is 3.07. The van der Waals surface area contributed by atoms with Gasteiger partial charge in [0, 0.05) is 31.6 Å². The number of carbonyl (C=O) groups is 2. The zero-order chi connectivity index (χ0) is 19.5. The summed E-state index contributed by atoms with van der Waals surface area (Å²) in [6, 6.07) is 9.27. The van der Waals surface area contributed by atoms with Gasteiger partial charge in [-0.2, -0.15) is 0 Å². The van der Waals surface area contributed by atoms with Gasteiger partial charge in [0.25, 0.3) is 5.91 Å². The molecule has 2 aromatic heterocycles. The first-order valence-electron chi connectivity index (χ1n) is 8.76. The monoisotopic (exact) mass is 414 g/mol. The van der Waals surface area contributed by atoms with Crippen molar-refractivity contribution < 1.29 is 14.7 Å². The number of benzene rings is 1. The molecule has 3 aromatic rings. The first kappa shape index (κ1) is 18.6. The third-order valence-electron chi connectivity index (χ3n) is 4.44. The minimum absolute atomic E-state index is 0.204. The Bertz CT molecular complexity index is 1010. The van der Waals surface area contributed by atoms with Crippen molar-refractivity contribution in [2.24, 2.45) is 0 Å².